The molecule has 0 saturated carbocycles. The zero-order valence-corrected chi connectivity index (χ0v) is 31.6. The van der Waals surface area contributed by atoms with Crippen molar-refractivity contribution in [2.24, 2.45) is 0 Å². The van der Waals surface area contributed by atoms with Gasteiger partial charge in [0.15, 0.2) is 5.82 Å². The number of alkyl halides is 9. The van der Waals surface area contributed by atoms with E-state index < -0.39 is 72.5 Å². The predicted molar refractivity (Wildman–Crippen MR) is 194 cm³/mol. The minimum absolute atomic E-state index is 0.00224. The second-order valence-corrected chi connectivity index (χ2v) is 16.0. The largest absolute Gasteiger partial charge is 0.461 e. The molecule has 4 atom stereocenters. The second kappa shape index (κ2) is 14.0. The first-order valence-corrected chi connectivity index (χ1v) is 19.0. The van der Waals surface area contributed by atoms with Crippen LogP contribution in [0.4, 0.5) is 54.1 Å². The number of terminal acetylenes is 1. The maximum Gasteiger partial charge on any atom is 0.435 e. The van der Waals surface area contributed by atoms with Crippen molar-refractivity contribution in [3.8, 4) is 29.6 Å². The van der Waals surface area contributed by atoms with Crippen LogP contribution in [0.25, 0.3) is 32.9 Å². The van der Waals surface area contributed by atoms with Crippen LogP contribution < -0.4 is 15.0 Å². The monoisotopic (exact) mass is 842 g/mol. The van der Waals surface area contributed by atoms with Gasteiger partial charge in [0.05, 0.1) is 33.8 Å². The molecule has 0 aliphatic carbocycles. The fraction of sp³-hybridized carbons (Fsp3) is 0.525. The summed E-state index contributed by atoms with van der Waals surface area (Å²) >= 11 is 0. The van der Waals surface area contributed by atoms with Crippen molar-refractivity contribution >= 4 is 27.5 Å². The summed E-state index contributed by atoms with van der Waals surface area (Å²) in [6.45, 7) is 3.92. The molecule has 8 rings (SSSR count). The normalized spacial score (nSPS) is 25.3. The molecule has 0 amide bonds. The van der Waals surface area contributed by atoms with Gasteiger partial charge >= 0.3 is 30.1 Å². The number of pyridine rings is 1. The van der Waals surface area contributed by atoms with E-state index >= 15 is 8.78 Å². The van der Waals surface area contributed by atoms with E-state index in [1.807, 2.05) is 18.7 Å². The van der Waals surface area contributed by atoms with Crippen LogP contribution in [0.1, 0.15) is 57.2 Å². The summed E-state index contributed by atoms with van der Waals surface area (Å²) in [5, 5.41) is 4.60. The summed E-state index contributed by atoms with van der Waals surface area (Å²) in [6.07, 6.45) is -15.6. The average molecular weight is 843 g/mol. The number of ether oxygens (including phenoxy) is 2. The highest BCUT2D eigenvalue weighted by molar-refractivity contribution is 6.03. The number of piperazine rings is 1. The third-order valence-corrected chi connectivity index (χ3v) is 12.5. The molecule has 59 heavy (non-hydrogen) atoms. The van der Waals surface area contributed by atoms with Crippen molar-refractivity contribution in [1.29, 1.82) is 0 Å². The van der Waals surface area contributed by atoms with Crippen LogP contribution in [0.5, 0.6) is 6.01 Å². The molecule has 19 heteroatoms. The van der Waals surface area contributed by atoms with E-state index in [0.29, 0.717) is 48.8 Å². The van der Waals surface area contributed by atoms with Crippen LogP contribution in [0.2, 0.25) is 0 Å². The summed E-state index contributed by atoms with van der Waals surface area (Å²) in [6, 6.07) is 7.21. The maximum atomic E-state index is 17.3. The number of rotatable bonds is 7. The number of benzene rings is 2. The van der Waals surface area contributed by atoms with Gasteiger partial charge in [0.1, 0.15) is 29.5 Å². The minimum atomic E-state index is -6.88. The second-order valence-electron chi connectivity index (χ2n) is 16.0. The molecule has 3 saturated heterocycles. The molecule has 316 valence electrons. The number of nitrogens with one attached hydrogen (secondary N) is 1. The number of hydrogen-bond acceptors (Lipinski definition) is 8. The molecular formula is C40H37F11N6O2. The number of halogens is 11. The van der Waals surface area contributed by atoms with Crippen LogP contribution in [-0.4, -0.2) is 100.0 Å². The van der Waals surface area contributed by atoms with E-state index in [4.69, 9.17) is 21.1 Å². The lowest BCUT2D eigenvalue weighted by molar-refractivity contribution is -0.463. The van der Waals surface area contributed by atoms with Crippen molar-refractivity contribution in [1.82, 2.24) is 25.2 Å². The standard InChI is InChI=1S/C40H37F11N6O2/c1-4-22-17-57-33-29-27(12-14-35(57,3)19-52-22)53-31(25-9-6-8-21-10-11-26(41)24(5-2)28(21)25)30(42)32(29)54-34(55-33)58-20-36-13-7-15-56(36)18-23(16-36)59-37(38(43,44)45,39(46,47)48)40(49,50)51/h2,6,8-11,22-23,52H,4,7,12-20H2,1,3H3/t22-,23+,35?,36?/m1/s1. The van der Waals surface area contributed by atoms with E-state index in [0.717, 1.165) is 6.42 Å². The average Bonchev–Trinajstić information content (AvgIpc) is 3.67. The number of anilines is 1. The number of fused-ring (bicyclic) bond motifs is 4. The summed E-state index contributed by atoms with van der Waals surface area (Å²) < 4.78 is 167. The van der Waals surface area contributed by atoms with Gasteiger partial charge in [-0.2, -0.15) is 49.5 Å². The molecule has 2 unspecified atom stereocenters. The minimum Gasteiger partial charge on any atom is -0.461 e. The lowest BCUT2D eigenvalue weighted by Gasteiger charge is -2.48. The number of hydrogen-bond donors (Lipinski definition) is 1. The van der Waals surface area contributed by atoms with Gasteiger partial charge in [-0.15, -0.1) is 6.42 Å². The van der Waals surface area contributed by atoms with Crippen LogP contribution in [-0.2, 0) is 11.2 Å². The van der Waals surface area contributed by atoms with Gasteiger partial charge in [0, 0.05) is 36.6 Å². The van der Waals surface area contributed by atoms with E-state index in [2.05, 4.69) is 21.0 Å². The molecule has 6 heterocycles. The van der Waals surface area contributed by atoms with Crippen molar-refractivity contribution in [3.05, 3.63) is 53.2 Å². The van der Waals surface area contributed by atoms with E-state index in [1.54, 1.807) is 18.2 Å². The molecule has 0 spiro atoms. The van der Waals surface area contributed by atoms with Gasteiger partial charge in [-0.25, -0.2) is 13.8 Å². The Morgan fingerprint density at radius 2 is 1.66 bits per heavy atom. The molecule has 0 bridgehead atoms. The smallest absolute Gasteiger partial charge is 0.435 e. The van der Waals surface area contributed by atoms with Crippen LogP contribution in [0, 0.1) is 24.0 Å². The lowest BCUT2D eigenvalue weighted by Crippen LogP contribution is -2.68. The number of nitrogens with zero attached hydrogens (tertiary/aromatic N) is 5. The van der Waals surface area contributed by atoms with Gasteiger partial charge in [-0.1, -0.05) is 37.1 Å². The fourth-order valence-electron chi connectivity index (χ4n) is 9.39. The van der Waals surface area contributed by atoms with Crippen molar-refractivity contribution < 1.29 is 57.8 Å². The van der Waals surface area contributed by atoms with Gasteiger partial charge in [0.2, 0.25) is 0 Å². The van der Waals surface area contributed by atoms with Crippen molar-refractivity contribution in [2.45, 2.75) is 99.7 Å². The summed E-state index contributed by atoms with van der Waals surface area (Å²) in [4.78, 5) is 17.5. The lowest BCUT2D eigenvalue weighted by atomic mass is 9.90. The highest BCUT2D eigenvalue weighted by Gasteiger charge is 2.86. The van der Waals surface area contributed by atoms with Crippen LogP contribution in [0.15, 0.2) is 30.3 Å². The molecule has 2 aromatic heterocycles. The quantitative estimate of drug-likeness (QED) is 0.147. The Labute approximate surface area is 330 Å². The third-order valence-electron chi connectivity index (χ3n) is 12.5. The summed E-state index contributed by atoms with van der Waals surface area (Å²) in [7, 11) is 0. The Balaban J connectivity index is 1.23. The zero-order valence-electron chi connectivity index (χ0n) is 31.6. The van der Waals surface area contributed by atoms with Gasteiger partial charge < -0.3 is 19.7 Å². The van der Waals surface area contributed by atoms with Gasteiger partial charge in [0.25, 0.3) is 0 Å². The first-order chi connectivity index (χ1) is 27.7. The molecule has 4 aromatic rings. The van der Waals surface area contributed by atoms with E-state index in [1.165, 1.54) is 17.0 Å². The molecule has 3 fully saturated rings. The molecule has 2 aromatic carbocycles. The highest BCUT2D eigenvalue weighted by atomic mass is 19.4. The van der Waals surface area contributed by atoms with Crippen LogP contribution in [0.3, 0.4) is 0 Å². The fourth-order valence-corrected chi connectivity index (χ4v) is 9.39. The molecular weight excluding hydrogens is 805 g/mol. The topological polar surface area (TPSA) is 75.6 Å². The highest BCUT2D eigenvalue weighted by Crippen LogP contribution is 2.57. The number of aryl methyl sites for hydroxylation is 1. The van der Waals surface area contributed by atoms with Crippen molar-refractivity contribution in [2.75, 3.05) is 37.7 Å². The molecule has 4 aliphatic rings. The van der Waals surface area contributed by atoms with Gasteiger partial charge in [-0.05, 0) is 63.4 Å². The SMILES string of the molecule is C#Cc1c(F)ccc2cccc(-c3nc4c5c(nc(OCC67CCCN6C[C@@H](OC(C(F)(F)F)(C(F)(F)F)C(F)(F)F)C7)nc5c3F)N3C[C@@H](CC)NCC3(C)CC4)c12. The summed E-state index contributed by atoms with van der Waals surface area (Å²) in [5.74, 6) is 1.02. The molecule has 0 radical (unpaired) electrons. The Bertz CT molecular complexity index is 2330. The van der Waals surface area contributed by atoms with Gasteiger partial charge in [-0.3, -0.25) is 4.90 Å². The molecule has 4 aliphatic heterocycles. The Kier molecular flexibility index (Phi) is 9.79. The zero-order chi connectivity index (χ0) is 42.5. The Morgan fingerprint density at radius 3 is 2.34 bits per heavy atom. The first kappa shape index (κ1) is 41.2. The first-order valence-electron chi connectivity index (χ1n) is 19.0. The van der Waals surface area contributed by atoms with E-state index in [9.17, 15) is 39.5 Å². The van der Waals surface area contributed by atoms with E-state index in [-0.39, 0.29) is 58.6 Å². The predicted octanol–water partition coefficient (Wildman–Crippen LogP) is 8.43. The maximum absolute atomic E-state index is 17.3. The number of aromatic nitrogens is 3. The van der Waals surface area contributed by atoms with Crippen molar-refractivity contribution in [3.63, 3.8) is 0 Å². The molecule has 1 N–H and O–H groups in total. The molecule has 8 nitrogen and oxygen atoms in total. The Morgan fingerprint density at radius 1 is 0.932 bits per heavy atom. The summed E-state index contributed by atoms with van der Waals surface area (Å²) in [5.41, 5.74) is -8.23. The van der Waals surface area contributed by atoms with Crippen LogP contribution >= 0.6 is 0 Å². The third kappa shape index (κ3) is 6.42. The Hall–Kier alpha value is -4.54.